The van der Waals surface area contributed by atoms with Crippen LogP contribution in [0.5, 0.6) is 0 Å². The molecule has 0 unspecified atom stereocenters. The molecule has 2 rings (SSSR count). The fraction of sp³-hybridized carbons (Fsp3) is 0.667. The van der Waals surface area contributed by atoms with Gasteiger partial charge >= 0.3 is 0 Å². The van der Waals surface area contributed by atoms with E-state index >= 15 is 0 Å². The SMILES string of the molecule is CC1(C)CC(CC(=O)NCCNc2cccnc2)CC(C)(C)N1. The number of hydrogen-bond acceptors (Lipinski definition) is 4. The van der Waals surface area contributed by atoms with Gasteiger partial charge in [-0.05, 0) is 58.6 Å². The van der Waals surface area contributed by atoms with Gasteiger partial charge in [0.15, 0.2) is 0 Å². The van der Waals surface area contributed by atoms with E-state index < -0.39 is 0 Å². The van der Waals surface area contributed by atoms with Crippen molar-refractivity contribution in [3.63, 3.8) is 0 Å². The van der Waals surface area contributed by atoms with Crippen molar-refractivity contribution in [1.82, 2.24) is 15.6 Å². The summed E-state index contributed by atoms with van der Waals surface area (Å²) in [5.74, 6) is 0.587. The Hall–Kier alpha value is -1.62. The van der Waals surface area contributed by atoms with E-state index in [-0.39, 0.29) is 17.0 Å². The first-order valence-corrected chi connectivity index (χ1v) is 8.46. The molecule has 23 heavy (non-hydrogen) atoms. The summed E-state index contributed by atoms with van der Waals surface area (Å²) in [6.45, 7) is 10.2. The molecule has 0 radical (unpaired) electrons. The minimum Gasteiger partial charge on any atom is -0.382 e. The first-order chi connectivity index (χ1) is 10.8. The lowest BCUT2D eigenvalue weighted by Gasteiger charge is -2.46. The highest BCUT2D eigenvalue weighted by Gasteiger charge is 2.38. The number of piperidine rings is 1. The molecule has 1 amide bonds. The first kappa shape index (κ1) is 17.7. The van der Waals surface area contributed by atoms with Crippen molar-refractivity contribution in [2.75, 3.05) is 18.4 Å². The van der Waals surface area contributed by atoms with Gasteiger partial charge in [-0.2, -0.15) is 0 Å². The highest BCUT2D eigenvalue weighted by molar-refractivity contribution is 5.76. The van der Waals surface area contributed by atoms with E-state index in [0.29, 0.717) is 25.4 Å². The van der Waals surface area contributed by atoms with Gasteiger partial charge in [0.2, 0.25) is 5.91 Å². The molecule has 5 nitrogen and oxygen atoms in total. The average Bonchev–Trinajstić information content (AvgIpc) is 2.41. The number of nitrogens with zero attached hydrogens (tertiary/aromatic N) is 1. The number of carbonyl (C=O) groups excluding carboxylic acids is 1. The van der Waals surface area contributed by atoms with Crippen LogP contribution in [0.3, 0.4) is 0 Å². The van der Waals surface area contributed by atoms with Gasteiger partial charge in [-0.25, -0.2) is 0 Å². The number of amides is 1. The van der Waals surface area contributed by atoms with E-state index in [2.05, 4.69) is 48.6 Å². The molecule has 128 valence electrons. The summed E-state index contributed by atoms with van der Waals surface area (Å²) in [5.41, 5.74) is 1.16. The normalized spacial score (nSPS) is 20.0. The lowest BCUT2D eigenvalue weighted by atomic mass is 9.74. The second kappa shape index (κ2) is 7.30. The van der Waals surface area contributed by atoms with Gasteiger partial charge in [0, 0.05) is 43.0 Å². The molecule has 0 spiro atoms. The molecule has 0 bridgehead atoms. The molecular formula is C18H30N4O. The monoisotopic (exact) mass is 318 g/mol. The Morgan fingerprint density at radius 3 is 2.57 bits per heavy atom. The van der Waals surface area contributed by atoms with Crippen LogP contribution in [0.25, 0.3) is 0 Å². The summed E-state index contributed by atoms with van der Waals surface area (Å²) in [4.78, 5) is 16.2. The number of anilines is 1. The van der Waals surface area contributed by atoms with Gasteiger partial charge in [-0.1, -0.05) is 0 Å². The maximum Gasteiger partial charge on any atom is 0.220 e. The summed E-state index contributed by atoms with van der Waals surface area (Å²) >= 11 is 0. The minimum absolute atomic E-state index is 0.0918. The quantitative estimate of drug-likeness (QED) is 0.705. The number of carbonyl (C=O) groups is 1. The van der Waals surface area contributed by atoms with Crippen LogP contribution in [0.2, 0.25) is 0 Å². The molecular weight excluding hydrogens is 288 g/mol. The van der Waals surface area contributed by atoms with Crippen LogP contribution >= 0.6 is 0 Å². The minimum atomic E-state index is 0.0918. The highest BCUT2D eigenvalue weighted by Crippen LogP contribution is 2.34. The summed E-state index contributed by atoms with van der Waals surface area (Å²) in [5, 5.41) is 9.91. The molecule has 3 N–H and O–H groups in total. The molecule has 1 aliphatic heterocycles. The average molecular weight is 318 g/mol. The zero-order valence-electron chi connectivity index (χ0n) is 14.8. The van der Waals surface area contributed by atoms with Crippen LogP contribution in [0, 0.1) is 5.92 Å². The largest absolute Gasteiger partial charge is 0.382 e. The molecule has 1 aliphatic rings. The molecule has 1 fully saturated rings. The van der Waals surface area contributed by atoms with Gasteiger partial charge in [0.25, 0.3) is 0 Å². The molecule has 2 heterocycles. The fourth-order valence-corrected chi connectivity index (χ4v) is 3.89. The Morgan fingerprint density at radius 1 is 1.26 bits per heavy atom. The lowest BCUT2D eigenvalue weighted by Crippen LogP contribution is -2.58. The third-order valence-electron chi connectivity index (χ3n) is 4.19. The standard InChI is InChI=1S/C18H30N4O/c1-17(2)11-14(12-18(3,4)22-17)10-16(23)21-9-8-20-15-6-5-7-19-13-15/h5-7,13-14,20,22H,8-12H2,1-4H3,(H,21,23). The van der Waals surface area contributed by atoms with Gasteiger partial charge in [-0.15, -0.1) is 0 Å². The molecule has 0 saturated carbocycles. The molecule has 1 aromatic rings. The van der Waals surface area contributed by atoms with Gasteiger partial charge in [0.05, 0.1) is 5.69 Å². The lowest BCUT2D eigenvalue weighted by molar-refractivity contribution is -0.122. The Kier molecular flexibility index (Phi) is 5.63. The van der Waals surface area contributed by atoms with E-state index in [1.165, 1.54) is 0 Å². The maximum absolute atomic E-state index is 12.2. The number of rotatable bonds is 6. The summed E-state index contributed by atoms with van der Waals surface area (Å²) in [6.07, 6.45) is 6.22. The molecule has 1 saturated heterocycles. The zero-order chi connectivity index (χ0) is 16.9. The number of pyridine rings is 1. The smallest absolute Gasteiger partial charge is 0.220 e. The maximum atomic E-state index is 12.2. The number of nitrogens with one attached hydrogen (secondary N) is 3. The van der Waals surface area contributed by atoms with Crippen molar-refractivity contribution in [2.24, 2.45) is 5.92 Å². The van der Waals surface area contributed by atoms with Gasteiger partial charge < -0.3 is 16.0 Å². The molecule has 0 aliphatic carbocycles. The van der Waals surface area contributed by atoms with Crippen molar-refractivity contribution in [3.8, 4) is 0 Å². The first-order valence-electron chi connectivity index (χ1n) is 8.46. The van der Waals surface area contributed by atoms with Crippen molar-refractivity contribution in [3.05, 3.63) is 24.5 Å². The van der Waals surface area contributed by atoms with Crippen LogP contribution in [0.1, 0.15) is 47.0 Å². The van der Waals surface area contributed by atoms with Crippen LogP contribution in [-0.2, 0) is 4.79 Å². The van der Waals surface area contributed by atoms with E-state index in [0.717, 1.165) is 18.5 Å². The van der Waals surface area contributed by atoms with Crippen molar-refractivity contribution < 1.29 is 4.79 Å². The second-order valence-electron chi connectivity index (χ2n) is 7.89. The predicted octanol–water partition coefficient (Wildman–Crippen LogP) is 2.56. The Balaban J connectivity index is 1.70. The third-order valence-corrected chi connectivity index (χ3v) is 4.19. The number of aromatic nitrogens is 1. The van der Waals surface area contributed by atoms with Crippen molar-refractivity contribution in [2.45, 2.75) is 58.0 Å². The Labute approximate surface area is 139 Å². The fourth-order valence-electron chi connectivity index (χ4n) is 3.89. The third kappa shape index (κ3) is 6.18. The number of hydrogen-bond donors (Lipinski definition) is 3. The molecule has 0 aromatic carbocycles. The van der Waals surface area contributed by atoms with E-state index in [4.69, 9.17) is 0 Å². The van der Waals surface area contributed by atoms with Crippen LogP contribution in [0.4, 0.5) is 5.69 Å². The topological polar surface area (TPSA) is 66.0 Å². The van der Waals surface area contributed by atoms with Crippen molar-refractivity contribution >= 4 is 11.6 Å². The van der Waals surface area contributed by atoms with Gasteiger partial charge in [-0.3, -0.25) is 9.78 Å². The molecule has 1 aromatic heterocycles. The molecule has 5 heteroatoms. The van der Waals surface area contributed by atoms with E-state index in [1.807, 2.05) is 12.1 Å². The van der Waals surface area contributed by atoms with Crippen LogP contribution < -0.4 is 16.0 Å². The van der Waals surface area contributed by atoms with E-state index in [9.17, 15) is 4.79 Å². The van der Waals surface area contributed by atoms with Crippen LogP contribution in [0.15, 0.2) is 24.5 Å². The van der Waals surface area contributed by atoms with Crippen molar-refractivity contribution in [1.29, 1.82) is 0 Å². The highest BCUT2D eigenvalue weighted by atomic mass is 16.1. The van der Waals surface area contributed by atoms with Gasteiger partial charge in [0.1, 0.15) is 0 Å². The predicted molar refractivity (Wildman–Crippen MR) is 94.4 cm³/mol. The van der Waals surface area contributed by atoms with E-state index in [1.54, 1.807) is 12.4 Å². The Bertz CT molecular complexity index is 497. The molecule has 0 atom stereocenters. The summed E-state index contributed by atoms with van der Waals surface area (Å²) in [7, 11) is 0. The summed E-state index contributed by atoms with van der Waals surface area (Å²) < 4.78 is 0. The summed E-state index contributed by atoms with van der Waals surface area (Å²) in [6, 6.07) is 3.86. The zero-order valence-corrected chi connectivity index (χ0v) is 14.8. The van der Waals surface area contributed by atoms with Crippen LogP contribution in [-0.4, -0.2) is 35.1 Å². The second-order valence-corrected chi connectivity index (χ2v) is 7.89. The Morgan fingerprint density at radius 2 is 1.96 bits per heavy atom.